The molecule has 1 aromatic carbocycles. The molecule has 0 aliphatic carbocycles. The Hall–Kier alpha value is -1.95. The van der Waals surface area contributed by atoms with Gasteiger partial charge in [-0.15, -0.1) is 0 Å². The summed E-state index contributed by atoms with van der Waals surface area (Å²) in [6.07, 6.45) is -0.00631. The van der Waals surface area contributed by atoms with Gasteiger partial charge in [-0.1, -0.05) is 18.5 Å². The molecule has 0 aliphatic rings. The van der Waals surface area contributed by atoms with Crippen LogP contribution in [-0.2, 0) is 4.79 Å². The molecule has 0 radical (unpaired) electrons. The largest absolute Gasteiger partial charge is 0.493 e. The summed E-state index contributed by atoms with van der Waals surface area (Å²) in [5, 5.41) is 11.7. The van der Waals surface area contributed by atoms with Crippen molar-refractivity contribution < 1.29 is 24.2 Å². The maximum Gasteiger partial charge on any atom is 0.303 e. The Labute approximate surface area is 134 Å². The zero-order chi connectivity index (χ0) is 16.7. The number of benzene rings is 1. The Morgan fingerprint density at radius 1 is 1.41 bits per heavy atom. The minimum absolute atomic E-state index is 0.00631. The molecule has 7 heteroatoms. The maximum absolute atomic E-state index is 12.1. The van der Waals surface area contributed by atoms with Gasteiger partial charge in [0.1, 0.15) is 0 Å². The molecule has 1 atom stereocenters. The van der Waals surface area contributed by atoms with E-state index in [0.717, 1.165) is 0 Å². The van der Waals surface area contributed by atoms with Crippen molar-refractivity contribution in [1.29, 1.82) is 0 Å². The molecule has 6 nitrogen and oxygen atoms in total. The molecule has 0 bridgehead atoms. The first-order valence-corrected chi connectivity index (χ1v) is 7.27. The van der Waals surface area contributed by atoms with Crippen LogP contribution in [0.25, 0.3) is 0 Å². The van der Waals surface area contributed by atoms with E-state index in [2.05, 4.69) is 5.32 Å². The number of halogens is 1. The summed E-state index contributed by atoms with van der Waals surface area (Å²) in [6.45, 7) is 4.26. The second-order valence-corrected chi connectivity index (χ2v) is 5.24. The molecule has 2 N–H and O–H groups in total. The maximum atomic E-state index is 12.1. The van der Waals surface area contributed by atoms with E-state index in [1.54, 1.807) is 6.92 Å². The third-order valence-electron chi connectivity index (χ3n) is 2.91. The lowest BCUT2D eigenvalue weighted by Crippen LogP contribution is -2.29. The lowest BCUT2D eigenvalue weighted by molar-refractivity contribution is -0.137. The number of carbonyl (C=O) groups excluding carboxylic acids is 1. The van der Waals surface area contributed by atoms with Crippen LogP contribution in [0.1, 0.15) is 30.6 Å². The number of aliphatic carboxylic acids is 1. The van der Waals surface area contributed by atoms with Gasteiger partial charge in [-0.05, 0) is 25.0 Å². The fourth-order valence-electron chi connectivity index (χ4n) is 1.87. The third-order valence-corrected chi connectivity index (χ3v) is 3.20. The second-order valence-electron chi connectivity index (χ2n) is 4.84. The minimum atomic E-state index is -0.896. The summed E-state index contributed by atoms with van der Waals surface area (Å²) in [4.78, 5) is 22.7. The first kappa shape index (κ1) is 18.1. The minimum Gasteiger partial charge on any atom is -0.493 e. The second kappa shape index (κ2) is 8.48. The van der Waals surface area contributed by atoms with Crippen LogP contribution in [-0.4, -0.2) is 37.2 Å². The Morgan fingerprint density at radius 3 is 2.64 bits per heavy atom. The van der Waals surface area contributed by atoms with E-state index in [4.69, 9.17) is 26.2 Å². The molecule has 0 saturated carbocycles. The number of amides is 1. The van der Waals surface area contributed by atoms with Crippen molar-refractivity contribution in [2.24, 2.45) is 5.92 Å². The predicted molar refractivity (Wildman–Crippen MR) is 82.9 cm³/mol. The molecule has 0 aromatic heterocycles. The number of methoxy groups -OCH3 is 1. The highest BCUT2D eigenvalue weighted by Crippen LogP contribution is 2.36. The van der Waals surface area contributed by atoms with E-state index in [1.165, 1.54) is 19.2 Å². The van der Waals surface area contributed by atoms with Crippen molar-refractivity contribution in [3.8, 4) is 11.5 Å². The number of rotatable bonds is 8. The zero-order valence-corrected chi connectivity index (χ0v) is 13.6. The summed E-state index contributed by atoms with van der Waals surface area (Å²) < 4.78 is 10.6. The van der Waals surface area contributed by atoms with E-state index in [1.807, 2.05) is 6.92 Å². The normalized spacial score (nSPS) is 11.6. The Bertz CT molecular complexity index is 547. The van der Waals surface area contributed by atoms with Crippen molar-refractivity contribution in [2.75, 3.05) is 20.3 Å². The summed E-state index contributed by atoms with van der Waals surface area (Å²) in [6, 6.07) is 3.03. The van der Waals surface area contributed by atoms with Gasteiger partial charge < -0.3 is 19.9 Å². The van der Waals surface area contributed by atoms with Gasteiger partial charge in [0.15, 0.2) is 11.5 Å². The van der Waals surface area contributed by atoms with Crippen molar-refractivity contribution in [3.63, 3.8) is 0 Å². The fraction of sp³-hybridized carbons (Fsp3) is 0.467. The quantitative estimate of drug-likeness (QED) is 0.765. The van der Waals surface area contributed by atoms with Crippen LogP contribution in [0.5, 0.6) is 11.5 Å². The summed E-state index contributed by atoms with van der Waals surface area (Å²) in [7, 11) is 1.46. The van der Waals surface area contributed by atoms with Crippen LogP contribution in [0.2, 0.25) is 5.02 Å². The molecule has 22 heavy (non-hydrogen) atoms. The third kappa shape index (κ3) is 5.11. The molecule has 1 amide bonds. The molecule has 0 fully saturated rings. The van der Waals surface area contributed by atoms with E-state index in [-0.39, 0.29) is 29.8 Å². The summed E-state index contributed by atoms with van der Waals surface area (Å²) in [5.41, 5.74) is 0.327. The Balaban J connectivity index is 2.81. The van der Waals surface area contributed by atoms with Gasteiger partial charge >= 0.3 is 5.97 Å². The number of carbonyl (C=O) groups is 2. The van der Waals surface area contributed by atoms with Gasteiger partial charge in [0.25, 0.3) is 5.91 Å². The van der Waals surface area contributed by atoms with Crippen molar-refractivity contribution >= 4 is 23.5 Å². The van der Waals surface area contributed by atoms with Crippen molar-refractivity contribution in [3.05, 3.63) is 22.7 Å². The van der Waals surface area contributed by atoms with Crippen LogP contribution in [0, 0.1) is 5.92 Å². The number of ether oxygens (including phenoxy) is 2. The average Bonchev–Trinajstić information content (AvgIpc) is 2.46. The van der Waals surface area contributed by atoms with Gasteiger partial charge in [-0.25, -0.2) is 0 Å². The lowest BCUT2D eigenvalue weighted by Gasteiger charge is -2.14. The SMILES string of the molecule is CCOc1c(Cl)cc(C(=O)NCC(C)CC(=O)O)cc1OC. The highest BCUT2D eigenvalue weighted by molar-refractivity contribution is 6.32. The first-order chi connectivity index (χ1) is 10.4. The molecule has 0 aliphatic heterocycles. The zero-order valence-electron chi connectivity index (χ0n) is 12.8. The molecule has 0 heterocycles. The van der Waals surface area contributed by atoms with Crippen LogP contribution in [0.15, 0.2) is 12.1 Å². The Kier molecular flexibility index (Phi) is 6.98. The fourth-order valence-corrected chi connectivity index (χ4v) is 2.14. The predicted octanol–water partition coefficient (Wildman–Crippen LogP) is 2.59. The molecular weight excluding hydrogens is 310 g/mol. The van der Waals surface area contributed by atoms with E-state index < -0.39 is 5.97 Å². The van der Waals surface area contributed by atoms with Gasteiger partial charge in [-0.2, -0.15) is 0 Å². The van der Waals surface area contributed by atoms with E-state index in [0.29, 0.717) is 23.7 Å². The first-order valence-electron chi connectivity index (χ1n) is 6.89. The molecule has 1 aromatic rings. The highest BCUT2D eigenvalue weighted by atomic mass is 35.5. The highest BCUT2D eigenvalue weighted by Gasteiger charge is 2.16. The van der Waals surface area contributed by atoms with Gasteiger partial charge in [-0.3, -0.25) is 9.59 Å². The van der Waals surface area contributed by atoms with Crippen LogP contribution < -0.4 is 14.8 Å². The summed E-state index contributed by atoms with van der Waals surface area (Å²) in [5.74, 6) is -0.643. The van der Waals surface area contributed by atoms with E-state index >= 15 is 0 Å². The standard InChI is InChI=1S/C15H20ClNO5/c1-4-22-14-11(16)6-10(7-12(14)21-3)15(20)17-8-9(2)5-13(18)19/h6-7,9H,4-5,8H2,1-3H3,(H,17,20)(H,18,19). The summed E-state index contributed by atoms with van der Waals surface area (Å²) >= 11 is 6.10. The molecule has 1 unspecified atom stereocenters. The van der Waals surface area contributed by atoms with Gasteiger partial charge in [0.05, 0.1) is 18.7 Å². The molecule has 0 saturated heterocycles. The molecule has 122 valence electrons. The number of carboxylic acid groups (broad SMARTS) is 1. The lowest BCUT2D eigenvalue weighted by atomic mass is 10.1. The molecular formula is C15H20ClNO5. The Morgan fingerprint density at radius 2 is 2.09 bits per heavy atom. The average molecular weight is 330 g/mol. The molecule has 0 spiro atoms. The number of hydrogen-bond donors (Lipinski definition) is 2. The monoisotopic (exact) mass is 329 g/mol. The van der Waals surface area contributed by atoms with E-state index in [9.17, 15) is 9.59 Å². The van der Waals surface area contributed by atoms with Gasteiger partial charge in [0, 0.05) is 18.5 Å². The van der Waals surface area contributed by atoms with Crippen molar-refractivity contribution in [1.82, 2.24) is 5.32 Å². The van der Waals surface area contributed by atoms with Crippen molar-refractivity contribution in [2.45, 2.75) is 20.3 Å². The van der Waals surface area contributed by atoms with Gasteiger partial charge in [0.2, 0.25) is 0 Å². The number of carboxylic acids is 1. The van der Waals surface area contributed by atoms with Crippen LogP contribution in [0.3, 0.4) is 0 Å². The smallest absolute Gasteiger partial charge is 0.303 e. The number of nitrogens with one attached hydrogen (secondary N) is 1. The number of hydrogen-bond acceptors (Lipinski definition) is 4. The topological polar surface area (TPSA) is 84.9 Å². The molecule has 1 rings (SSSR count). The van der Waals surface area contributed by atoms with Crippen LogP contribution in [0.4, 0.5) is 0 Å². The van der Waals surface area contributed by atoms with Crippen LogP contribution >= 0.6 is 11.6 Å².